The predicted molar refractivity (Wildman–Crippen MR) is 96.7 cm³/mol. The number of aromatic nitrogens is 1. The summed E-state index contributed by atoms with van der Waals surface area (Å²) in [6, 6.07) is 11.8. The van der Waals surface area contributed by atoms with E-state index in [1.54, 1.807) is 23.5 Å². The Morgan fingerprint density at radius 3 is 2.65 bits per heavy atom. The highest BCUT2D eigenvalue weighted by atomic mass is 35.5. The van der Waals surface area contributed by atoms with Crippen molar-refractivity contribution in [2.45, 2.75) is 31.7 Å². The molecule has 4 rings (SSSR count). The second-order valence-electron chi connectivity index (χ2n) is 5.97. The minimum Gasteiger partial charge on any atom is -0.333 e. The Morgan fingerprint density at radius 1 is 1.17 bits per heavy atom. The quantitative estimate of drug-likeness (QED) is 0.647. The van der Waals surface area contributed by atoms with Crippen LogP contribution in [-0.2, 0) is 0 Å². The third-order valence-corrected chi connectivity index (χ3v) is 5.59. The molecule has 3 nitrogen and oxygen atoms in total. The van der Waals surface area contributed by atoms with Crippen LogP contribution >= 0.6 is 22.9 Å². The van der Waals surface area contributed by atoms with E-state index in [2.05, 4.69) is 21.3 Å². The average molecular weight is 345 g/mol. The van der Waals surface area contributed by atoms with E-state index in [0.717, 1.165) is 24.2 Å². The van der Waals surface area contributed by atoms with Crippen LogP contribution in [0.1, 0.15) is 42.2 Å². The van der Waals surface area contributed by atoms with E-state index < -0.39 is 0 Å². The average Bonchev–Trinajstić information content (AvgIpc) is 3.24. The Morgan fingerprint density at radius 2 is 1.91 bits per heavy atom. The SMILES string of the molecule is O=C(Nc1ccc(Cl)cc1)c1cc2sccc2n1C1CCCC1. The van der Waals surface area contributed by atoms with Crippen LogP contribution in [0.3, 0.4) is 0 Å². The third kappa shape index (κ3) is 2.77. The minimum absolute atomic E-state index is 0.0531. The van der Waals surface area contributed by atoms with Crippen LogP contribution in [0.5, 0.6) is 0 Å². The second kappa shape index (κ2) is 6.02. The maximum absolute atomic E-state index is 12.8. The lowest BCUT2D eigenvalue weighted by Crippen LogP contribution is -2.19. The molecular weight excluding hydrogens is 328 g/mol. The van der Waals surface area contributed by atoms with Gasteiger partial charge in [0.1, 0.15) is 5.69 Å². The molecule has 1 aromatic carbocycles. The number of anilines is 1. The number of carbonyl (C=O) groups is 1. The molecule has 1 N–H and O–H groups in total. The van der Waals surface area contributed by atoms with Crippen LogP contribution in [0, 0.1) is 0 Å². The molecule has 3 aromatic rings. The van der Waals surface area contributed by atoms with E-state index in [-0.39, 0.29) is 5.91 Å². The van der Waals surface area contributed by atoms with Crippen LogP contribution in [0.2, 0.25) is 5.02 Å². The van der Waals surface area contributed by atoms with Crippen molar-refractivity contribution in [3.63, 3.8) is 0 Å². The van der Waals surface area contributed by atoms with Crippen molar-refractivity contribution in [1.82, 2.24) is 4.57 Å². The number of carbonyl (C=O) groups excluding carboxylic acids is 1. The van der Waals surface area contributed by atoms with Gasteiger partial charge in [-0.15, -0.1) is 11.3 Å². The van der Waals surface area contributed by atoms with Crippen LogP contribution in [-0.4, -0.2) is 10.5 Å². The highest BCUT2D eigenvalue weighted by Gasteiger charge is 2.25. The Labute approximate surface area is 143 Å². The Balaban J connectivity index is 1.69. The number of fused-ring (bicyclic) bond motifs is 1. The number of halogens is 1. The van der Waals surface area contributed by atoms with Crippen LogP contribution < -0.4 is 5.32 Å². The summed E-state index contributed by atoms with van der Waals surface area (Å²) in [6.45, 7) is 0. The topological polar surface area (TPSA) is 34.0 Å². The fraction of sp³-hybridized carbons (Fsp3) is 0.278. The van der Waals surface area contributed by atoms with Gasteiger partial charge in [-0.2, -0.15) is 0 Å². The molecule has 5 heteroatoms. The van der Waals surface area contributed by atoms with Gasteiger partial charge in [-0.25, -0.2) is 0 Å². The maximum atomic E-state index is 12.8. The molecule has 1 saturated carbocycles. The first-order chi connectivity index (χ1) is 11.2. The van der Waals surface area contributed by atoms with Gasteiger partial charge in [0.2, 0.25) is 0 Å². The van der Waals surface area contributed by atoms with Gasteiger partial charge in [0.25, 0.3) is 5.91 Å². The zero-order chi connectivity index (χ0) is 15.8. The number of nitrogens with zero attached hydrogens (tertiary/aromatic N) is 1. The summed E-state index contributed by atoms with van der Waals surface area (Å²) in [6.07, 6.45) is 4.79. The molecule has 0 aliphatic heterocycles. The highest BCUT2D eigenvalue weighted by molar-refractivity contribution is 7.17. The standard InChI is InChI=1S/C18H17ClN2OS/c19-12-5-7-13(8-6-12)20-18(22)16-11-17-15(9-10-23-17)21(16)14-3-1-2-4-14/h5-11,14H,1-4H2,(H,20,22). The van der Waals surface area contributed by atoms with E-state index in [0.29, 0.717) is 11.1 Å². The molecule has 2 heterocycles. The predicted octanol–water partition coefficient (Wildman–Crippen LogP) is 5.72. The lowest BCUT2D eigenvalue weighted by atomic mass is 10.2. The molecule has 0 saturated heterocycles. The number of benzene rings is 1. The van der Waals surface area contributed by atoms with E-state index in [1.165, 1.54) is 23.1 Å². The van der Waals surface area contributed by atoms with Crippen LogP contribution in [0.25, 0.3) is 10.2 Å². The van der Waals surface area contributed by atoms with Gasteiger partial charge in [-0.3, -0.25) is 4.79 Å². The molecule has 23 heavy (non-hydrogen) atoms. The monoisotopic (exact) mass is 344 g/mol. The highest BCUT2D eigenvalue weighted by Crippen LogP contribution is 2.36. The zero-order valence-corrected chi connectivity index (χ0v) is 14.2. The number of thiophene rings is 1. The van der Waals surface area contributed by atoms with Crippen LogP contribution in [0.4, 0.5) is 5.69 Å². The summed E-state index contributed by atoms with van der Waals surface area (Å²) in [5.74, 6) is -0.0531. The summed E-state index contributed by atoms with van der Waals surface area (Å²) in [7, 11) is 0. The number of hydrogen-bond donors (Lipinski definition) is 1. The first kappa shape index (κ1) is 14.8. The zero-order valence-electron chi connectivity index (χ0n) is 12.6. The van der Waals surface area contributed by atoms with Gasteiger partial charge in [0, 0.05) is 16.8 Å². The van der Waals surface area contributed by atoms with E-state index in [1.807, 2.05) is 18.2 Å². The summed E-state index contributed by atoms with van der Waals surface area (Å²) in [5.41, 5.74) is 2.71. The first-order valence-electron chi connectivity index (χ1n) is 7.88. The number of amides is 1. The largest absolute Gasteiger partial charge is 0.333 e. The maximum Gasteiger partial charge on any atom is 0.272 e. The molecule has 2 aromatic heterocycles. The molecule has 1 aliphatic carbocycles. The van der Waals surface area contributed by atoms with Gasteiger partial charge in [-0.05, 0) is 54.6 Å². The molecule has 1 amide bonds. The number of hydrogen-bond acceptors (Lipinski definition) is 2. The number of rotatable bonds is 3. The Hall–Kier alpha value is -1.78. The van der Waals surface area contributed by atoms with Crippen molar-refractivity contribution in [3.8, 4) is 0 Å². The van der Waals surface area contributed by atoms with Crippen molar-refractivity contribution in [3.05, 3.63) is 52.5 Å². The van der Waals surface area contributed by atoms with Crippen molar-refractivity contribution < 1.29 is 4.79 Å². The third-order valence-electron chi connectivity index (χ3n) is 4.48. The second-order valence-corrected chi connectivity index (χ2v) is 7.35. The molecule has 1 aliphatic rings. The van der Waals surface area contributed by atoms with Gasteiger partial charge in [0.15, 0.2) is 0 Å². The lowest BCUT2D eigenvalue weighted by Gasteiger charge is -2.17. The summed E-state index contributed by atoms with van der Waals surface area (Å²) in [5, 5.41) is 5.75. The van der Waals surface area contributed by atoms with E-state index in [9.17, 15) is 4.79 Å². The van der Waals surface area contributed by atoms with E-state index in [4.69, 9.17) is 11.6 Å². The van der Waals surface area contributed by atoms with E-state index >= 15 is 0 Å². The normalized spacial score (nSPS) is 15.3. The van der Waals surface area contributed by atoms with Gasteiger partial charge >= 0.3 is 0 Å². The Bertz CT molecular complexity index is 844. The smallest absolute Gasteiger partial charge is 0.272 e. The summed E-state index contributed by atoms with van der Waals surface area (Å²) < 4.78 is 3.42. The fourth-order valence-corrected chi connectivity index (χ4v) is 4.34. The number of nitrogens with one attached hydrogen (secondary N) is 1. The fourth-order valence-electron chi connectivity index (χ4n) is 3.40. The molecule has 0 atom stereocenters. The first-order valence-corrected chi connectivity index (χ1v) is 9.13. The molecule has 1 fully saturated rings. The molecule has 0 spiro atoms. The Kier molecular flexibility index (Phi) is 3.87. The molecule has 0 unspecified atom stereocenters. The van der Waals surface area contributed by atoms with Gasteiger partial charge < -0.3 is 9.88 Å². The molecule has 118 valence electrons. The molecule has 0 bridgehead atoms. The minimum atomic E-state index is -0.0531. The summed E-state index contributed by atoms with van der Waals surface area (Å²) >= 11 is 7.59. The van der Waals surface area contributed by atoms with Crippen molar-refractivity contribution >= 4 is 44.7 Å². The lowest BCUT2D eigenvalue weighted by molar-refractivity contribution is 0.101. The molecule has 0 radical (unpaired) electrons. The summed E-state index contributed by atoms with van der Waals surface area (Å²) in [4.78, 5) is 12.8. The van der Waals surface area contributed by atoms with Gasteiger partial charge in [-0.1, -0.05) is 24.4 Å². The van der Waals surface area contributed by atoms with Gasteiger partial charge in [0.05, 0.1) is 10.2 Å². The van der Waals surface area contributed by atoms with Crippen molar-refractivity contribution in [2.24, 2.45) is 0 Å². The van der Waals surface area contributed by atoms with Crippen molar-refractivity contribution in [1.29, 1.82) is 0 Å². The van der Waals surface area contributed by atoms with Crippen molar-refractivity contribution in [2.75, 3.05) is 5.32 Å². The molecular formula is C18H17ClN2OS. The van der Waals surface area contributed by atoms with Crippen LogP contribution in [0.15, 0.2) is 41.8 Å².